The molecule has 0 saturated carbocycles. The molecule has 1 N–H and O–H groups in total. The predicted octanol–water partition coefficient (Wildman–Crippen LogP) is 4.21. The molecule has 0 aliphatic rings. The average molecular weight is 412 g/mol. The molecule has 3 rings (SSSR count). The third-order valence-corrected chi connectivity index (χ3v) is 5.86. The zero-order valence-corrected chi connectivity index (χ0v) is 16.9. The van der Waals surface area contributed by atoms with Gasteiger partial charge in [-0.2, -0.15) is 0 Å². The molecule has 0 aliphatic heterocycles. The van der Waals surface area contributed by atoms with Gasteiger partial charge in [-0.3, -0.25) is 9.52 Å². The molecule has 7 heteroatoms. The summed E-state index contributed by atoms with van der Waals surface area (Å²) in [5.74, 6) is -0.799. The lowest BCUT2D eigenvalue weighted by atomic mass is 10.1. The number of sulfonamides is 1. The second kappa shape index (κ2) is 8.45. The van der Waals surface area contributed by atoms with E-state index in [1.54, 1.807) is 50.4 Å². The maximum absolute atomic E-state index is 13.9. The summed E-state index contributed by atoms with van der Waals surface area (Å²) in [5.41, 5.74) is 1.85. The Labute approximate surface area is 169 Å². The summed E-state index contributed by atoms with van der Waals surface area (Å²) >= 11 is 0. The highest BCUT2D eigenvalue weighted by Crippen LogP contribution is 2.21. The van der Waals surface area contributed by atoms with Gasteiger partial charge in [-0.05, 0) is 42.8 Å². The molecule has 0 spiro atoms. The zero-order chi connectivity index (χ0) is 21.0. The third kappa shape index (κ3) is 4.81. The highest BCUT2D eigenvalue weighted by Gasteiger charge is 2.19. The first-order chi connectivity index (χ1) is 13.8. The van der Waals surface area contributed by atoms with E-state index in [-0.39, 0.29) is 17.0 Å². The van der Waals surface area contributed by atoms with E-state index in [4.69, 9.17) is 0 Å². The number of carbonyl (C=O) groups is 1. The maximum Gasteiger partial charge on any atom is 0.261 e. The molecule has 0 heterocycles. The molecule has 1 amide bonds. The zero-order valence-electron chi connectivity index (χ0n) is 16.1. The Hall–Kier alpha value is -3.19. The quantitative estimate of drug-likeness (QED) is 0.660. The van der Waals surface area contributed by atoms with E-state index in [9.17, 15) is 17.6 Å². The summed E-state index contributed by atoms with van der Waals surface area (Å²) in [6.45, 7) is 1.87. The summed E-state index contributed by atoms with van der Waals surface area (Å²) in [7, 11) is -2.32. The Morgan fingerprint density at radius 3 is 2.41 bits per heavy atom. The summed E-state index contributed by atoms with van der Waals surface area (Å²) in [5, 5.41) is 0. The normalized spacial score (nSPS) is 11.1. The number of halogens is 1. The van der Waals surface area contributed by atoms with Crippen LogP contribution >= 0.6 is 0 Å². The molecule has 29 heavy (non-hydrogen) atoms. The molecule has 0 saturated heterocycles. The standard InChI is InChI=1S/C22H21FN2O3S/c1-16-8-3-6-13-21(16)24-29(27,28)19-11-7-10-17(14-19)22(26)25(2)15-18-9-4-5-12-20(18)23/h3-14,24H,15H2,1-2H3. The van der Waals surface area contributed by atoms with Crippen LogP contribution in [0.2, 0.25) is 0 Å². The topological polar surface area (TPSA) is 66.5 Å². The van der Waals surface area contributed by atoms with Gasteiger partial charge in [0.15, 0.2) is 0 Å². The van der Waals surface area contributed by atoms with E-state index >= 15 is 0 Å². The molecule has 0 bridgehead atoms. The monoisotopic (exact) mass is 412 g/mol. The van der Waals surface area contributed by atoms with Crippen LogP contribution in [0.1, 0.15) is 21.5 Å². The number of rotatable bonds is 6. The van der Waals surface area contributed by atoms with Crippen molar-refractivity contribution in [2.75, 3.05) is 11.8 Å². The molecule has 5 nitrogen and oxygen atoms in total. The minimum atomic E-state index is -3.86. The number of amides is 1. The van der Waals surface area contributed by atoms with E-state index in [0.29, 0.717) is 11.3 Å². The van der Waals surface area contributed by atoms with Crippen molar-refractivity contribution in [2.45, 2.75) is 18.4 Å². The van der Waals surface area contributed by atoms with E-state index in [1.165, 1.54) is 35.2 Å². The molecule has 0 unspecified atom stereocenters. The first kappa shape index (κ1) is 20.5. The Morgan fingerprint density at radius 2 is 1.69 bits per heavy atom. The van der Waals surface area contributed by atoms with Gasteiger partial charge in [-0.15, -0.1) is 0 Å². The first-order valence-electron chi connectivity index (χ1n) is 8.95. The van der Waals surface area contributed by atoms with Crippen LogP contribution in [0.25, 0.3) is 0 Å². The van der Waals surface area contributed by atoms with E-state index < -0.39 is 21.7 Å². The molecule has 0 aromatic heterocycles. The molecule has 0 fully saturated rings. The lowest BCUT2D eigenvalue weighted by Gasteiger charge is -2.18. The minimum Gasteiger partial charge on any atom is -0.337 e. The van der Waals surface area contributed by atoms with Crippen molar-refractivity contribution < 1.29 is 17.6 Å². The number of hydrogen-bond acceptors (Lipinski definition) is 3. The number of hydrogen-bond donors (Lipinski definition) is 1. The van der Waals surface area contributed by atoms with Crippen LogP contribution in [-0.2, 0) is 16.6 Å². The van der Waals surface area contributed by atoms with Crippen LogP contribution in [0.4, 0.5) is 10.1 Å². The molecular formula is C22H21FN2O3S. The van der Waals surface area contributed by atoms with Crippen LogP contribution in [0.5, 0.6) is 0 Å². The largest absolute Gasteiger partial charge is 0.337 e. The fraction of sp³-hybridized carbons (Fsp3) is 0.136. The molecule has 0 radical (unpaired) electrons. The van der Waals surface area contributed by atoms with Gasteiger partial charge in [0.2, 0.25) is 0 Å². The number of benzene rings is 3. The highest BCUT2D eigenvalue weighted by atomic mass is 32.2. The van der Waals surface area contributed by atoms with Crippen molar-refractivity contribution >= 4 is 21.6 Å². The van der Waals surface area contributed by atoms with Gasteiger partial charge in [-0.25, -0.2) is 12.8 Å². The summed E-state index contributed by atoms with van der Waals surface area (Å²) < 4.78 is 41.9. The van der Waals surface area contributed by atoms with Gasteiger partial charge in [0.1, 0.15) is 5.82 Å². The fourth-order valence-corrected chi connectivity index (χ4v) is 4.04. The molecule has 150 valence electrons. The summed E-state index contributed by atoms with van der Waals surface area (Å²) in [6.07, 6.45) is 0. The van der Waals surface area contributed by atoms with Crippen molar-refractivity contribution in [3.63, 3.8) is 0 Å². The van der Waals surface area contributed by atoms with Crippen LogP contribution in [-0.4, -0.2) is 26.3 Å². The highest BCUT2D eigenvalue weighted by molar-refractivity contribution is 7.92. The van der Waals surface area contributed by atoms with E-state index in [0.717, 1.165) is 5.56 Å². The number of aryl methyl sites for hydroxylation is 1. The molecule has 3 aromatic rings. The maximum atomic E-state index is 13.9. The van der Waals surface area contributed by atoms with Crippen molar-refractivity contribution in [2.24, 2.45) is 0 Å². The molecule has 0 aliphatic carbocycles. The van der Waals surface area contributed by atoms with Gasteiger partial charge in [0.05, 0.1) is 10.6 Å². The Morgan fingerprint density at radius 1 is 1.00 bits per heavy atom. The van der Waals surface area contributed by atoms with Gasteiger partial charge in [0.25, 0.3) is 15.9 Å². The minimum absolute atomic E-state index is 0.0223. The van der Waals surface area contributed by atoms with Crippen LogP contribution in [0, 0.1) is 12.7 Å². The lowest BCUT2D eigenvalue weighted by molar-refractivity contribution is 0.0783. The summed E-state index contributed by atoms with van der Waals surface area (Å²) in [4.78, 5) is 14.1. The van der Waals surface area contributed by atoms with Gasteiger partial charge in [-0.1, -0.05) is 42.5 Å². The number of carbonyl (C=O) groups excluding carboxylic acids is 1. The third-order valence-electron chi connectivity index (χ3n) is 4.49. The van der Waals surface area contributed by atoms with Gasteiger partial charge in [0, 0.05) is 24.7 Å². The average Bonchev–Trinajstić information content (AvgIpc) is 2.71. The van der Waals surface area contributed by atoms with Gasteiger partial charge < -0.3 is 4.90 Å². The van der Waals surface area contributed by atoms with Crippen molar-refractivity contribution in [3.8, 4) is 0 Å². The van der Waals surface area contributed by atoms with Gasteiger partial charge >= 0.3 is 0 Å². The molecule has 0 atom stereocenters. The number of nitrogens with one attached hydrogen (secondary N) is 1. The number of nitrogens with zero attached hydrogens (tertiary/aromatic N) is 1. The number of para-hydroxylation sites is 1. The van der Waals surface area contributed by atoms with Crippen LogP contribution < -0.4 is 4.72 Å². The second-order valence-corrected chi connectivity index (χ2v) is 8.38. The summed E-state index contributed by atoms with van der Waals surface area (Å²) in [6, 6.07) is 19.0. The Balaban J connectivity index is 1.82. The van der Waals surface area contributed by atoms with Crippen molar-refractivity contribution in [1.29, 1.82) is 0 Å². The van der Waals surface area contributed by atoms with Crippen LogP contribution in [0.3, 0.4) is 0 Å². The Bertz CT molecular complexity index is 1150. The van der Waals surface area contributed by atoms with E-state index in [2.05, 4.69) is 4.72 Å². The predicted molar refractivity (Wildman–Crippen MR) is 111 cm³/mol. The lowest BCUT2D eigenvalue weighted by Crippen LogP contribution is -2.27. The van der Waals surface area contributed by atoms with Crippen molar-refractivity contribution in [1.82, 2.24) is 4.90 Å². The first-order valence-corrected chi connectivity index (χ1v) is 10.4. The molecule has 3 aromatic carbocycles. The van der Waals surface area contributed by atoms with Crippen molar-refractivity contribution in [3.05, 3.63) is 95.3 Å². The number of anilines is 1. The van der Waals surface area contributed by atoms with E-state index in [1.807, 2.05) is 6.07 Å². The molecular weight excluding hydrogens is 391 g/mol. The second-order valence-electron chi connectivity index (χ2n) is 6.70. The smallest absolute Gasteiger partial charge is 0.261 e. The fourth-order valence-electron chi connectivity index (χ4n) is 2.86. The van der Waals surface area contributed by atoms with Crippen LogP contribution in [0.15, 0.2) is 77.7 Å². The Kier molecular flexibility index (Phi) is 5.98. The SMILES string of the molecule is Cc1ccccc1NS(=O)(=O)c1cccc(C(=O)N(C)Cc2ccccc2F)c1.